The normalized spacial score (nSPS) is 13.1. The SMILES string of the molecule is CC[C@@H](Oc1cc(C)ccc1C)C(=O)N[C@@H](C)c1cc(C(C)C)c(OC)cc1C. The molecule has 0 radical (unpaired) electrons. The predicted molar refractivity (Wildman–Crippen MR) is 119 cm³/mol. The van der Waals surface area contributed by atoms with Gasteiger partial charge in [-0.1, -0.05) is 32.9 Å². The Balaban J connectivity index is 2.20. The third kappa shape index (κ3) is 5.53. The zero-order valence-electron chi connectivity index (χ0n) is 19.1. The molecule has 1 N–H and O–H groups in total. The Bertz CT molecular complexity index is 857. The summed E-state index contributed by atoms with van der Waals surface area (Å²) >= 11 is 0. The maximum Gasteiger partial charge on any atom is 0.261 e. The van der Waals surface area contributed by atoms with Gasteiger partial charge in [-0.15, -0.1) is 0 Å². The smallest absolute Gasteiger partial charge is 0.261 e. The minimum atomic E-state index is -0.527. The van der Waals surface area contributed by atoms with Crippen LogP contribution in [-0.4, -0.2) is 19.1 Å². The average molecular weight is 398 g/mol. The van der Waals surface area contributed by atoms with Crippen LogP contribution in [0.5, 0.6) is 11.5 Å². The number of amides is 1. The van der Waals surface area contributed by atoms with Crippen LogP contribution >= 0.6 is 0 Å². The van der Waals surface area contributed by atoms with Crippen molar-refractivity contribution in [1.29, 1.82) is 0 Å². The van der Waals surface area contributed by atoms with Crippen LogP contribution in [0.15, 0.2) is 30.3 Å². The first-order chi connectivity index (χ1) is 13.7. The van der Waals surface area contributed by atoms with E-state index >= 15 is 0 Å². The van der Waals surface area contributed by atoms with E-state index in [1.54, 1.807) is 7.11 Å². The number of hydrogen-bond donors (Lipinski definition) is 1. The third-order valence-corrected chi connectivity index (χ3v) is 5.34. The highest BCUT2D eigenvalue weighted by Crippen LogP contribution is 2.32. The van der Waals surface area contributed by atoms with Crippen LogP contribution in [-0.2, 0) is 4.79 Å². The standard InChI is InChI=1S/C25H35NO3/c1-9-22(29-23-12-16(4)10-11-17(23)5)25(27)26-19(7)21-14-20(15(2)3)24(28-8)13-18(21)6/h10-15,19,22H,9H2,1-8H3,(H,26,27)/t19-,22+/m0/s1. The van der Waals surface area contributed by atoms with Gasteiger partial charge in [-0.2, -0.15) is 0 Å². The number of carbonyl (C=O) groups is 1. The molecule has 0 aliphatic heterocycles. The second-order valence-electron chi connectivity index (χ2n) is 8.12. The van der Waals surface area contributed by atoms with E-state index in [0.29, 0.717) is 12.3 Å². The summed E-state index contributed by atoms with van der Waals surface area (Å²) in [5, 5.41) is 3.14. The monoisotopic (exact) mass is 397 g/mol. The molecule has 2 atom stereocenters. The van der Waals surface area contributed by atoms with E-state index in [1.165, 1.54) is 0 Å². The summed E-state index contributed by atoms with van der Waals surface area (Å²) in [5.74, 6) is 1.90. The predicted octanol–water partition coefficient (Wildman–Crippen LogP) is 5.78. The second-order valence-corrected chi connectivity index (χ2v) is 8.12. The molecule has 0 aliphatic rings. The highest BCUT2D eigenvalue weighted by atomic mass is 16.5. The largest absolute Gasteiger partial charge is 0.496 e. The summed E-state index contributed by atoms with van der Waals surface area (Å²) in [7, 11) is 1.70. The number of nitrogens with one attached hydrogen (secondary N) is 1. The summed E-state index contributed by atoms with van der Waals surface area (Å²) in [4.78, 5) is 13.0. The number of ether oxygens (including phenoxy) is 2. The molecule has 0 saturated heterocycles. The van der Waals surface area contributed by atoms with Crippen molar-refractivity contribution in [3.8, 4) is 11.5 Å². The fourth-order valence-electron chi connectivity index (χ4n) is 3.50. The number of methoxy groups -OCH3 is 1. The molecule has 0 saturated carbocycles. The first-order valence-electron chi connectivity index (χ1n) is 10.4. The van der Waals surface area contributed by atoms with Gasteiger partial charge in [0.2, 0.25) is 0 Å². The molecule has 0 aliphatic carbocycles. The van der Waals surface area contributed by atoms with Gasteiger partial charge in [0.25, 0.3) is 5.91 Å². The molecule has 0 unspecified atom stereocenters. The zero-order valence-corrected chi connectivity index (χ0v) is 19.1. The van der Waals surface area contributed by atoms with Crippen molar-refractivity contribution in [2.75, 3.05) is 7.11 Å². The number of benzene rings is 2. The minimum absolute atomic E-state index is 0.0952. The summed E-state index contributed by atoms with van der Waals surface area (Å²) in [5.41, 5.74) is 5.49. The van der Waals surface area contributed by atoms with Crippen molar-refractivity contribution in [1.82, 2.24) is 5.32 Å². The molecule has 4 heteroatoms. The van der Waals surface area contributed by atoms with E-state index in [1.807, 2.05) is 45.9 Å². The lowest BCUT2D eigenvalue weighted by molar-refractivity contribution is -0.128. The fraction of sp³-hybridized carbons (Fsp3) is 0.480. The van der Waals surface area contributed by atoms with E-state index in [9.17, 15) is 4.79 Å². The van der Waals surface area contributed by atoms with Crippen molar-refractivity contribution in [3.63, 3.8) is 0 Å². The Morgan fingerprint density at radius 1 is 0.966 bits per heavy atom. The average Bonchev–Trinajstić information content (AvgIpc) is 2.67. The van der Waals surface area contributed by atoms with E-state index in [2.05, 4.69) is 38.2 Å². The molecule has 0 bridgehead atoms. The molecule has 0 heterocycles. The lowest BCUT2D eigenvalue weighted by Crippen LogP contribution is -2.39. The van der Waals surface area contributed by atoms with Gasteiger partial charge in [0.1, 0.15) is 11.5 Å². The van der Waals surface area contributed by atoms with Crippen molar-refractivity contribution < 1.29 is 14.3 Å². The van der Waals surface area contributed by atoms with Crippen LogP contribution < -0.4 is 14.8 Å². The molecular formula is C25H35NO3. The molecule has 0 spiro atoms. The maximum atomic E-state index is 13.0. The van der Waals surface area contributed by atoms with Crippen LogP contribution in [0.3, 0.4) is 0 Å². The Labute approximate surface area is 175 Å². The van der Waals surface area contributed by atoms with Crippen molar-refractivity contribution in [2.45, 2.75) is 73.0 Å². The Hall–Kier alpha value is -2.49. The minimum Gasteiger partial charge on any atom is -0.496 e. The van der Waals surface area contributed by atoms with Gasteiger partial charge in [0.05, 0.1) is 13.2 Å². The molecular weight excluding hydrogens is 362 g/mol. The van der Waals surface area contributed by atoms with Crippen LogP contribution in [0.25, 0.3) is 0 Å². The van der Waals surface area contributed by atoms with E-state index < -0.39 is 6.10 Å². The fourth-order valence-corrected chi connectivity index (χ4v) is 3.50. The number of carbonyl (C=O) groups excluding carboxylic acids is 1. The Kier molecular flexibility index (Phi) is 7.72. The molecule has 29 heavy (non-hydrogen) atoms. The van der Waals surface area contributed by atoms with Crippen molar-refractivity contribution in [3.05, 3.63) is 58.1 Å². The van der Waals surface area contributed by atoms with Gasteiger partial charge in [0, 0.05) is 0 Å². The number of rotatable bonds is 8. The summed E-state index contributed by atoms with van der Waals surface area (Å²) in [6.07, 6.45) is 0.0752. The molecule has 2 aromatic rings. The zero-order chi connectivity index (χ0) is 21.7. The molecule has 1 amide bonds. The quantitative estimate of drug-likeness (QED) is 0.614. The van der Waals surface area contributed by atoms with Gasteiger partial charge in [0.15, 0.2) is 6.10 Å². The molecule has 2 rings (SSSR count). The van der Waals surface area contributed by atoms with E-state index in [0.717, 1.165) is 39.3 Å². The summed E-state index contributed by atoms with van der Waals surface area (Å²) in [6.45, 7) is 14.3. The van der Waals surface area contributed by atoms with Gasteiger partial charge >= 0.3 is 0 Å². The topological polar surface area (TPSA) is 47.6 Å². The third-order valence-electron chi connectivity index (χ3n) is 5.34. The first kappa shape index (κ1) is 22.8. The van der Waals surface area contributed by atoms with E-state index in [-0.39, 0.29) is 11.9 Å². The number of hydrogen-bond acceptors (Lipinski definition) is 3. The maximum absolute atomic E-state index is 13.0. The van der Waals surface area contributed by atoms with Crippen LogP contribution in [0, 0.1) is 20.8 Å². The molecule has 0 fully saturated rings. The van der Waals surface area contributed by atoms with Gasteiger partial charge < -0.3 is 14.8 Å². The van der Waals surface area contributed by atoms with Gasteiger partial charge in [-0.05, 0) is 86.1 Å². The Morgan fingerprint density at radius 3 is 2.24 bits per heavy atom. The van der Waals surface area contributed by atoms with Crippen LogP contribution in [0.4, 0.5) is 0 Å². The highest BCUT2D eigenvalue weighted by molar-refractivity contribution is 5.81. The number of aryl methyl sites for hydroxylation is 3. The first-order valence-corrected chi connectivity index (χ1v) is 10.4. The molecule has 158 valence electrons. The second kappa shape index (κ2) is 9.82. The summed E-state index contributed by atoms with van der Waals surface area (Å²) < 4.78 is 11.6. The lowest BCUT2D eigenvalue weighted by Gasteiger charge is -2.24. The Morgan fingerprint density at radius 2 is 1.66 bits per heavy atom. The highest BCUT2D eigenvalue weighted by Gasteiger charge is 2.23. The lowest BCUT2D eigenvalue weighted by atomic mass is 9.93. The van der Waals surface area contributed by atoms with Gasteiger partial charge in [-0.3, -0.25) is 4.79 Å². The molecule has 4 nitrogen and oxygen atoms in total. The van der Waals surface area contributed by atoms with E-state index in [4.69, 9.17) is 9.47 Å². The van der Waals surface area contributed by atoms with Crippen molar-refractivity contribution >= 4 is 5.91 Å². The van der Waals surface area contributed by atoms with Crippen LogP contribution in [0.2, 0.25) is 0 Å². The van der Waals surface area contributed by atoms with Crippen molar-refractivity contribution in [2.24, 2.45) is 0 Å². The molecule has 2 aromatic carbocycles. The molecule has 0 aromatic heterocycles. The van der Waals surface area contributed by atoms with Gasteiger partial charge in [-0.25, -0.2) is 0 Å². The van der Waals surface area contributed by atoms with Crippen LogP contribution in [0.1, 0.15) is 73.9 Å². The summed E-state index contributed by atoms with van der Waals surface area (Å²) in [6, 6.07) is 10.1.